The number of aryl methyl sites for hydroxylation is 1. The summed E-state index contributed by atoms with van der Waals surface area (Å²) in [6.45, 7) is 7.02. The molecule has 0 saturated heterocycles. The Kier molecular flexibility index (Phi) is 4.20. The van der Waals surface area contributed by atoms with Gasteiger partial charge in [-0.15, -0.1) is 11.3 Å². The molecule has 0 bridgehead atoms. The Morgan fingerprint density at radius 1 is 0.738 bits per heavy atom. The van der Waals surface area contributed by atoms with E-state index in [4.69, 9.17) is 0 Å². The molecule has 2 nitrogen and oxygen atoms in total. The number of H-pyrrole nitrogens is 1. The van der Waals surface area contributed by atoms with E-state index in [0.717, 1.165) is 0 Å². The summed E-state index contributed by atoms with van der Waals surface area (Å²) in [5.74, 6) is 0. The SMILES string of the molecule is Cc1cc(-c2cccc3c2[nH]c2c4ccccc4sc32)c2c(c1)-n1c3c(c4cccc(c41)[B]2)C(C)(C)c1ccccc1-3. The van der Waals surface area contributed by atoms with Gasteiger partial charge in [-0.1, -0.05) is 104 Å². The summed E-state index contributed by atoms with van der Waals surface area (Å²) >= 11 is 1.89. The number of hydrogen-bond acceptors (Lipinski definition) is 1. The molecule has 1 N–H and O–H groups in total. The average Bonchev–Trinajstić information content (AvgIpc) is 3.71. The minimum atomic E-state index is -0.0599. The molecule has 0 saturated carbocycles. The van der Waals surface area contributed by atoms with Crippen LogP contribution in [-0.2, 0) is 5.41 Å². The van der Waals surface area contributed by atoms with Gasteiger partial charge in [-0.3, -0.25) is 0 Å². The van der Waals surface area contributed by atoms with Crippen molar-refractivity contribution in [3.8, 4) is 28.1 Å². The summed E-state index contributed by atoms with van der Waals surface area (Å²) in [4.78, 5) is 3.88. The number of para-hydroxylation sites is 2. The average molecular weight is 554 g/mol. The third-order valence-corrected chi connectivity index (χ3v) is 11.0. The van der Waals surface area contributed by atoms with Crippen LogP contribution in [0.3, 0.4) is 0 Å². The maximum absolute atomic E-state index is 3.88. The molecule has 5 aromatic carbocycles. The molecule has 4 heteroatoms. The maximum Gasteiger partial charge on any atom is 0.197 e. The second-order valence-corrected chi connectivity index (χ2v) is 13.6. The normalized spacial score (nSPS) is 14.5. The molecule has 197 valence electrons. The van der Waals surface area contributed by atoms with Gasteiger partial charge in [-0.2, -0.15) is 0 Å². The molecular formula is C38H26BN2S. The van der Waals surface area contributed by atoms with Gasteiger partial charge in [0.1, 0.15) is 0 Å². The zero-order chi connectivity index (χ0) is 27.9. The van der Waals surface area contributed by atoms with E-state index in [-0.39, 0.29) is 5.41 Å². The van der Waals surface area contributed by atoms with Crippen LogP contribution in [0.5, 0.6) is 0 Å². The molecule has 10 rings (SSSR count). The van der Waals surface area contributed by atoms with Gasteiger partial charge < -0.3 is 9.55 Å². The summed E-state index contributed by atoms with van der Waals surface area (Å²) in [5, 5.41) is 3.97. The monoisotopic (exact) mass is 553 g/mol. The van der Waals surface area contributed by atoms with E-state index in [1.54, 1.807) is 0 Å². The van der Waals surface area contributed by atoms with E-state index in [1.165, 1.54) is 97.8 Å². The summed E-state index contributed by atoms with van der Waals surface area (Å²) in [7, 11) is 2.43. The van der Waals surface area contributed by atoms with Crippen LogP contribution < -0.4 is 10.9 Å². The first-order valence-corrected chi connectivity index (χ1v) is 15.5. The van der Waals surface area contributed by atoms with Crippen molar-refractivity contribution >= 4 is 71.7 Å². The largest absolute Gasteiger partial charge is 0.353 e. The Hall–Kier alpha value is -4.54. The predicted octanol–water partition coefficient (Wildman–Crippen LogP) is 8.73. The lowest BCUT2D eigenvalue weighted by Crippen LogP contribution is -2.37. The fourth-order valence-electron chi connectivity index (χ4n) is 8.06. The number of fused-ring (bicyclic) bond motifs is 12. The minimum Gasteiger partial charge on any atom is -0.353 e. The lowest BCUT2D eigenvalue weighted by molar-refractivity contribution is 0.666. The van der Waals surface area contributed by atoms with E-state index in [1.807, 2.05) is 11.3 Å². The zero-order valence-electron chi connectivity index (χ0n) is 23.7. The van der Waals surface area contributed by atoms with Crippen LogP contribution in [0.2, 0.25) is 0 Å². The maximum atomic E-state index is 3.88. The van der Waals surface area contributed by atoms with Gasteiger partial charge in [0.05, 0.1) is 21.4 Å². The molecule has 8 aromatic rings. The summed E-state index contributed by atoms with van der Waals surface area (Å²) in [6, 6.07) is 36.2. The Morgan fingerprint density at radius 2 is 1.50 bits per heavy atom. The van der Waals surface area contributed by atoms with E-state index in [0.29, 0.717) is 0 Å². The Labute approximate surface area is 248 Å². The number of aromatic nitrogens is 2. The lowest BCUT2D eigenvalue weighted by Gasteiger charge is -2.26. The van der Waals surface area contributed by atoms with E-state index in [9.17, 15) is 0 Å². The van der Waals surface area contributed by atoms with Crippen LogP contribution in [0.15, 0.2) is 97.1 Å². The third-order valence-electron chi connectivity index (χ3n) is 9.79. The van der Waals surface area contributed by atoms with Crippen molar-refractivity contribution in [1.29, 1.82) is 0 Å². The summed E-state index contributed by atoms with van der Waals surface area (Å²) in [6.07, 6.45) is 0. The first-order valence-electron chi connectivity index (χ1n) is 14.7. The second kappa shape index (κ2) is 7.64. The van der Waals surface area contributed by atoms with E-state index >= 15 is 0 Å². The highest BCUT2D eigenvalue weighted by Crippen LogP contribution is 2.53. The number of aromatic amines is 1. The standard InChI is InChI=1S/C38H26BN2S/c1-20-18-26(21-12-8-14-25-33(21)40-34-23-11-5-7-17-30(23)42-37(25)34)32-29(19-20)41-35-24(13-9-16-28(35)39-32)31-36(41)22-10-4-6-15-27(22)38(31,2)3/h4-19,40H,1-3H3. The molecule has 0 fully saturated rings. The van der Waals surface area contributed by atoms with Gasteiger partial charge in [0.2, 0.25) is 0 Å². The lowest BCUT2D eigenvalue weighted by atomic mass is 9.59. The molecule has 42 heavy (non-hydrogen) atoms. The Balaban J connectivity index is 1.31. The van der Waals surface area contributed by atoms with Crippen molar-refractivity contribution in [2.24, 2.45) is 0 Å². The second-order valence-electron chi connectivity index (χ2n) is 12.5. The zero-order valence-corrected chi connectivity index (χ0v) is 24.5. The van der Waals surface area contributed by atoms with E-state index < -0.39 is 0 Å². The van der Waals surface area contributed by atoms with Crippen molar-refractivity contribution in [2.45, 2.75) is 26.2 Å². The molecule has 0 unspecified atom stereocenters. The highest BCUT2D eigenvalue weighted by molar-refractivity contribution is 7.26. The highest BCUT2D eigenvalue weighted by Gasteiger charge is 2.42. The van der Waals surface area contributed by atoms with Crippen molar-refractivity contribution < 1.29 is 0 Å². The molecular weight excluding hydrogens is 527 g/mol. The molecule has 1 radical (unpaired) electrons. The molecule has 3 aromatic heterocycles. The van der Waals surface area contributed by atoms with Crippen molar-refractivity contribution in [2.75, 3.05) is 0 Å². The molecule has 0 amide bonds. The molecule has 1 aliphatic heterocycles. The fraction of sp³-hybridized carbons (Fsp3) is 0.105. The molecule has 0 spiro atoms. The number of thiophene rings is 1. The summed E-state index contributed by atoms with van der Waals surface area (Å²) < 4.78 is 5.26. The smallest absolute Gasteiger partial charge is 0.197 e. The fourth-order valence-corrected chi connectivity index (χ4v) is 9.25. The van der Waals surface area contributed by atoms with Crippen molar-refractivity contribution in [1.82, 2.24) is 9.55 Å². The van der Waals surface area contributed by atoms with E-state index in [2.05, 4.69) is 135 Å². The Bertz CT molecular complexity index is 2490. The van der Waals surface area contributed by atoms with Gasteiger partial charge in [0.25, 0.3) is 0 Å². The van der Waals surface area contributed by atoms with Crippen LogP contribution in [0.25, 0.3) is 70.2 Å². The number of rotatable bonds is 1. The third kappa shape index (κ3) is 2.68. The van der Waals surface area contributed by atoms with Crippen LogP contribution in [0, 0.1) is 6.92 Å². The minimum absolute atomic E-state index is 0.0599. The number of nitrogens with zero attached hydrogens (tertiary/aromatic N) is 1. The van der Waals surface area contributed by atoms with Gasteiger partial charge >= 0.3 is 0 Å². The Morgan fingerprint density at radius 3 is 2.43 bits per heavy atom. The number of nitrogens with one attached hydrogen (secondary N) is 1. The van der Waals surface area contributed by atoms with Crippen LogP contribution in [0.1, 0.15) is 30.5 Å². The van der Waals surface area contributed by atoms with Crippen LogP contribution >= 0.6 is 11.3 Å². The van der Waals surface area contributed by atoms with Crippen LogP contribution in [0.4, 0.5) is 0 Å². The first-order chi connectivity index (χ1) is 20.5. The molecule has 0 atom stereocenters. The number of benzene rings is 5. The van der Waals surface area contributed by atoms with Gasteiger partial charge in [-0.05, 0) is 46.8 Å². The van der Waals surface area contributed by atoms with Gasteiger partial charge in [-0.25, -0.2) is 0 Å². The highest BCUT2D eigenvalue weighted by atomic mass is 32.1. The van der Waals surface area contributed by atoms with Crippen LogP contribution in [-0.4, -0.2) is 16.8 Å². The molecule has 4 heterocycles. The van der Waals surface area contributed by atoms with Gasteiger partial charge in [0.15, 0.2) is 7.28 Å². The van der Waals surface area contributed by atoms with Crippen molar-refractivity contribution in [3.63, 3.8) is 0 Å². The topological polar surface area (TPSA) is 20.7 Å². The first kappa shape index (κ1) is 23.1. The number of hydrogen-bond donors (Lipinski definition) is 1. The van der Waals surface area contributed by atoms with Gasteiger partial charge in [0, 0.05) is 48.6 Å². The summed E-state index contributed by atoms with van der Waals surface area (Å²) in [5.41, 5.74) is 17.0. The molecule has 1 aliphatic carbocycles. The predicted molar refractivity (Wildman–Crippen MR) is 181 cm³/mol. The quantitative estimate of drug-likeness (QED) is 0.196. The van der Waals surface area contributed by atoms with Crippen molar-refractivity contribution in [3.05, 3.63) is 114 Å². The molecule has 2 aliphatic rings.